The Morgan fingerprint density at radius 1 is 1.07 bits per heavy atom. The van der Waals surface area contributed by atoms with Crippen molar-refractivity contribution in [2.24, 2.45) is 0 Å². The molecule has 0 saturated heterocycles. The van der Waals surface area contributed by atoms with Crippen molar-refractivity contribution in [3.63, 3.8) is 0 Å². The highest BCUT2D eigenvalue weighted by Gasteiger charge is 2.71. The molecule has 84 valence electrons. The second kappa shape index (κ2) is 3.68. The van der Waals surface area contributed by atoms with Crippen LogP contribution in [0.25, 0.3) is 0 Å². The van der Waals surface area contributed by atoms with E-state index in [1.807, 2.05) is 0 Å². The number of ether oxygens (including phenoxy) is 1. The highest BCUT2D eigenvalue weighted by molar-refractivity contribution is 4.94. The van der Waals surface area contributed by atoms with Crippen molar-refractivity contribution >= 4 is 0 Å². The molecule has 0 aromatic rings. The standard InChI is InChI=1S/C6H6F6O2/c1-2-14-3-4(13,5(7,8)9)6(10,11)12/h2,13H,1,3H2. The lowest BCUT2D eigenvalue weighted by molar-refractivity contribution is -0.375. The van der Waals surface area contributed by atoms with Gasteiger partial charge in [-0.25, -0.2) is 0 Å². The van der Waals surface area contributed by atoms with E-state index in [1.165, 1.54) is 0 Å². The lowest BCUT2D eigenvalue weighted by atomic mass is 10.1. The summed E-state index contributed by atoms with van der Waals surface area (Å²) in [6.07, 6.45) is -11.3. The molecule has 0 aliphatic rings. The molecule has 0 fully saturated rings. The summed E-state index contributed by atoms with van der Waals surface area (Å²) in [5, 5.41) is 8.39. The SMILES string of the molecule is C=COCC(O)(C(F)(F)F)C(F)(F)F. The fourth-order valence-corrected chi connectivity index (χ4v) is 0.504. The third-order valence-electron chi connectivity index (χ3n) is 1.35. The van der Waals surface area contributed by atoms with E-state index in [0.717, 1.165) is 0 Å². The number of hydrogen-bond donors (Lipinski definition) is 1. The zero-order valence-electron chi connectivity index (χ0n) is 6.61. The maximum atomic E-state index is 11.8. The highest BCUT2D eigenvalue weighted by Crippen LogP contribution is 2.43. The second-order valence-electron chi connectivity index (χ2n) is 2.33. The molecule has 0 rings (SSSR count). The van der Waals surface area contributed by atoms with E-state index in [9.17, 15) is 26.3 Å². The molecule has 0 bridgehead atoms. The van der Waals surface area contributed by atoms with Gasteiger partial charge in [-0.15, -0.1) is 0 Å². The monoisotopic (exact) mass is 224 g/mol. The lowest BCUT2D eigenvalue weighted by Gasteiger charge is -2.31. The Labute approximate surface area is 74.8 Å². The van der Waals surface area contributed by atoms with Crippen molar-refractivity contribution < 1.29 is 36.2 Å². The van der Waals surface area contributed by atoms with E-state index in [0.29, 0.717) is 6.26 Å². The molecule has 0 unspecified atom stereocenters. The van der Waals surface area contributed by atoms with Gasteiger partial charge in [0, 0.05) is 0 Å². The minimum Gasteiger partial charge on any atom is -0.498 e. The third kappa shape index (κ3) is 2.31. The summed E-state index contributed by atoms with van der Waals surface area (Å²) in [6, 6.07) is 0. The Morgan fingerprint density at radius 3 is 1.64 bits per heavy atom. The van der Waals surface area contributed by atoms with Crippen molar-refractivity contribution in [1.29, 1.82) is 0 Å². The number of hydrogen-bond acceptors (Lipinski definition) is 2. The molecule has 0 aromatic carbocycles. The predicted molar refractivity (Wildman–Crippen MR) is 33.2 cm³/mol. The molecule has 0 saturated carbocycles. The molecule has 0 atom stereocenters. The first-order valence-electron chi connectivity index (χ1n) is 3.14. The first-order chi connectivity index (χ1) is 6.06. The molecule has 0 aliphatic heterocycles. The minimum absolute atomic E-state index is 0.377. The normalized spacial score (nSPS) is 13.9. The summed E-state index contributed by atoms with van der Waals surface area (Å²) in [4.78, 5) is 0. The molecule has 0 amide bonds. The first-order valence-corrected chi connectivity index (χ1v) is 3.14. The van der Waals surface area contributed by atoms with Crippen LogP contribution in [0.15, 0.2) is 12.8 Å². The summed E-state index contributed by atoms with van der Waals surface area (Å²) in [6.45, 7) is 0.791. The lowest BCUT2D eigenvalue weighted by Crippen LogP contribution is -2.59. The molecular formula is C6H6F6O2. The van der Waals surface area contributed by atoms with Crippen LogP contribution in [0.5, 0.6) is 0 Å². The zero-order chi connectivity index (χ0) is 11.6. The molecular weight excluding hydrogens is 218 g/mol. The van der Waals surface area contributed by atoms with Gasteiger partial charge in [0.1, 0.15) is 6.61 Å². The number of rotatable bonds is 3. The van der Waals surface area contributed by atoms with Gasteiger partial charge in [-0.2, -0.15) is 26.3 Å². The number of aliphatic hydroxyl groups is 1. The van der Waals surface area contributed by atoms with E-state index in [-0.39, 0.29) is 0 Å². The van der Waals surface area contributed by atoms with E-state index >= 15 is 0 Å². The van der Waals surface area contributed by atoms with Gasteiger partial charge in [-0.05, 0) is 0 Å². The Bertz CT molecular complexity index is 191. The van der Waals surface area contributed by atoms with Gasteiger partial charge in [0.25, 0.3) is 5.60 Å². The highest BCUT2D eigenvalue weighted by atomic mass is 19.4. The van der Waals surface area contributed by atoms with Gasteiger partial charge >= 0.3 is 12.4 Å². The van der Waals surface area contributed by atoms with Crippen LogP contribution >= 0.6 is 0 Å². The van der Waals surface area contributed by atoms with E-state index < -0.39 is 24.6 Å². The number of alkyl halides is 6. The molecule has 0 spiro atoms. The maximum Gasteiger partial charge on any atom is 0.429 e. The van der Waals surface area contributed by atoms with Crippen LogP contribution in [0.1, 0.15) is 0 Å². The quantitative estimate of drug-likeness (QED) is 0.586. The molecule has 0 aromatic heterocycles. The van der Waals surface area contributed by atoms with Crippen molar-refractivity contribution in [2.75, 3.05) is 6.61 Å². The molecule has 14 heavy (non-hydrogen) atoms. The Kier molecular flexibility index (Phi) is 3.44. The largest absolute Gasteiger partial charge is 0.498 e. The number of halogens is 6. The maximum absolute atomic E-state index is 11.8. The summed E-state index contributed by atoms with van der Waals surface area (Å²) < 4.78 is 74.8. The minimum atomic E-state index is -5.85. The van der Waals surface area contributed by atoms with Crippen LogP contribution in [0.4, 0.5) is 26.3 Å². The molecule has 0 heterocycles. The van der Waals surface area contributed by atoms with Gasteiger partial charge in [0.15, 0.2) is 0 Å². The molecule has 2 nitrogen and oxygen atoms in total. The van der Waals surface area contributed by atoms with Gasteiger partial charge in [0.05, 0.1) is 6.26 Å². The molecule has 1 N–H and O–H groups in total. The van der Waals surface area contributed by atoms with Crippen molar-refractivity contribution in [3.05, 3.63) is 12.8 Å². The fraction of sp³-hybridized carbons (Fsp3) is 0.667. The average Bonchev–Trinajstić information content (AvgIpc) is 1.95. The van der Waals surface area contributed by atoms with Crippen molar-refractivity contribution in [2.45, 2.75) is 18.0 Å². The second-order valence-corrected chi connectivity index (χ2v) is 2.33. The molecule has 8 heteroatoms. The molecule has 0 radical (unpaired) electrons. The average molecular weight is 224 g/mol. The topological polar surface area (TPSA) is 29.5 Å². The smallest absolute Gasteiger partial charge is 0.429 e. The van der Waals surface area contributed by atoms with Crippen LogP contribution in [0.2, 0.25) is 0 Å². The summed E-state index contributed by atoms with van der Waals surface area (Å²) in [7, 11) is 0. The summed E-state index contributed by atoms with van der Waals surface area (Å²) in [5.74, 6) is 0. The fourth-order valence-electron chi connectivity index (χ4n) is 0.504. The van der Waals surface area contributed by atoms with Crippen LogP contribution in [0.3, 0.4) is 0 Å². The van der Waals surface area contributed by atoms with E-state index in [2.05, 4.69) is 11.3 Å². The van der Waals surface area contributed by atoms with Crippen LogP contribution in [-0.2, 0) is 4.74 Å². The zero-order valence-corrected chi connectivity index (χ0v) is 6.61. The van der Waals surface area contributed by atoms with Crippen molar-refractivity contribution in [1.82, 2.24) is 0 Å². The van der Waals surface area contributed by atoms with Gasteiger partial charge in [-0.3, -0.25) is 0 Å². The van der Waals surface area contributed by atoms with E-state index in [4.69, 9.17) is 5.11 Å². The summed E-state index contributed by atoms with van der Waals surface area (Å²) in [5.41, 5.74) is -4.87. The van der Waals surface area contributed by atoms with Crippen LogP contribution in [0, 0.1) is 0 Å². The Morgan fingerprint density at radius 2 is 1.43 bits per heavy atom. The van der Waals surface area contributed by atoms with Gasteiger partial charge in [-0.1, -0.05) is 6.58 Å². The third-order valence-corrected chi connectivity index (χ3v) is 1.35. The first kappa shape index (κ1) is 13.1. The Balaban J connectivity index is 4.96. The Hall–Kier alpha value is -0.920. The van der Waals surface area contributed by atoms with Crippen LogP contribution in [-0.4, -0.2) is 29.7 Å². The molecule has 0 aliphatic carbocycles. The predicted octanol–water partition coefficient (Wildman–Crippen LogP) is 2.00. The van der Waals surface area contributed by atoms with Gasteiger partial charge in [0.2, 0.25) is 0 Å². The van der Waals surface area contributed by atoms with Crippen LogP contribution < -0.4 is 0 Å². The van der Waals surface area contributed by atoms with Gasteiger partial charge < -0.3 is 9.84 Å². The van der Waals surface area contributed by atoms with E-state index in [1.54, 1.807) is 0 Å². The van der Waals surface area contributed by atoms with Crippen molar-refractivity contribution in [3.8, 4) is 0 Å². The summed E-state index contributed by atoms with van der Waals surface area (Å²) >= 11 is 0.